The molecule has 1 amide bonds. The van der Waals surface area contributed by atoms with Gasteiger partial charge in [0, 0.05) is 13.1 Å². The highest BCUT2D eigenvalue weighted by atomic mass is 32.2. The highest BCUT2D eigenvalue weighted by molar-refractivity contribution is 7.88. The van der Waals surface area contributed by atoms with Gasteiger partial charge in [0.05, 0.1) is 6.26 Å². The van der Waals surface area contributed by atoms with Crippen molar-refractivity contribution in [2.75, 3.05) is 33.4 Å². The lowest BCUT2D eigenvalue weighted by Crippen LogP contribution is -2.48. The minimum Gasteiger partial charge on any atom is -0.352 e. The van der Waals surface area contributed by atoms with Gasteiger partial charge in [-0.1, -0.05) is 30.3 Å². The number of hydrogen-bond acceptors (Lipinski definition) is 4. The van der Waals surface area contributed by atoms with Gasteiger partial charge in [0.2, 0.25) is 15.9 Å². The quantitative estimate of drug-likeness (QED) is 0.863. The molecule has 1 N–H and O–H groups in total. The Morgan fingerprint density at radius 1 is 1.26 bits per heavy atom. The number of sulfonamides is 1. The molecule has 128 valence electrons. The molecule has 0 unspecified atom stereocenters. The van der Waals surface area contributed by atoms with Crippen LogP contribution in [-0.4, -0.2) is 63.0 Å². The van der Waals surface area contributed by atoms with Gasteiger partial charge in [-0.25, -0.2) is 8.42 Å². The number of piperidine rings is 1. The van der Waals surface area contributed by atoms with Crippen LogP contribution in [0.15, 0.2) is 30.3 Å². The summed E-state index contributed by atoms with van der Waals surface area (Å²) in [5.41, 5.74) is 0.672. The molecule has 1 aromatic rings. The molecule has 0 aliphatic carbocycles. The molecule has 0 radical (unpaired) electrons. The second kappa shape index (κ2) is 7.42. The van der Waals surface area contributed by atoms with Crippen molar-refractivity contribution >= 4 is 15.9 Å². The molecule has 0 saturated carbocycles. The predicted molar refractivity (Wildman–Crippen MR) is 90.5 cm³/mol. The summed E-state index contributed by atoms with van der Waals surface area (Å²) in [6, 6.07) is 8.27. The second-order valence-corrected chi connectivity index (χ2v) is 8.22. The minimum absolute atomic E-state index is 0.0953. The van der Waals surface area contributed by atoms with E-state index in [0.717, 1.165) is 36.5 Å². The van der Waals surface area contributed by atoms with Crippen molar-refractivity contribution in [3.63, 3.8) is 0 Å². The zero-order chi connectivity index (χ0) is 17.0. The number of likely N-dealkylation sites (N-methyl/N-ethyl adjacent to an activating group) is 1. The summed E-state index contributed by atoms with van der Waals surface area (Å²) in [7, 11) is 0.0229. The fraction of sp³-hybridized carbons (Fsp3) is 0.562. The summed E-state index contributed by atoms with van der Waals surface area (Å²) in [5, 5.41) is 3.02. The van der Waals surface area contributed by atoms with Gasteiger partial charge in [0.1, 0.15) is 6.04 Å². The number of benzene rings is 1. The first-order valence-corrected chi connectivity index (χ1v) is 9.60. The Balaban J connectivity index is 2.18. The summed E-state index contributed by atoms with van der Waals surface area (Å²) in [6.45, 7) is 1.87. The number of carbonyl (C=O) groups is 1. The maximum Gasteiger partial charge on any atom is 0.243 e. The van der Waals surface area contributed by atoms with Crippen LogP contribution < -0.4 is 5.32 Å². The topological polar surface area (TPSA) is 69.7 Å². The smallest absolute Gasteiger partial charge is 0.243 e. The lowest BCUT2D eigenvalue weighted by atomic mass is 10.0. The highest BCUT2D eigenvalue weighted by Gasteiger charge is 2.32. The number of nitrogens with one attached hydrogen (secondary N) is 1. The molecule has 2 rings (SSSR count). The van der Waals surface area contributed by atoms with Crippen molar-refractivity contribution in [2.24, 2.45) is 0 Å². The van der Waals surface area contributed by atoms with E-state index >= 15 is 0 Å². The molecule has 0 aromatic heterocycles. The average Bonchev–Trinajstić information content (AvgIpc) is 2.50. The molecule has 6 nitrogen and oxygen atoms in total. The monoisotopic (exact) mass is 339 g/mol. The van der Waals surface area contributed by atoms with Crippen molar-refractivity contribution in [2.45, 2.75) is 24.9 Å². The summed E-state index contributed by atoms with van der Waals surface area (Å²) in [4.78, 5) is 15.0. The molecular formula is C16H25N3O3S. The summed E-state index contributed by atoms with van der Waals surface area (Å²) < 4.78 is 25.0. The van der Waals surface area contributed by atoms with E-state index in [0.29, 0.717) is 5.56 Å². The molecule has 1 aromatic carbocycles. The van der Waals surface area contributed by atoms with Gasteiger partial charge in [0.25, 0.3) is 0 Å². The fourth-order valence-corrected chi connectivity index (χ4v) is 3.39. The molecule has 1 fully saturated rings. The molecule has 1 heterocycles. The Morgan fingerprint density at radius 2 is 1.83 bits per heavy atom. The largest absolute Gasteiger partial charge is 0.352 e. The van der Waals surface area contributed by atoms with Gasteiger partial charge in [0.15, 0.2) is 0 Å². The van der Waals surface area contributed by atoms with Crippen LogP contribution in [0.2, 0.25) is 0 Å². The van der Waals surface area contributed by atoms with Crippen LogP contribution >= 0.6 is 0 Å². The summed E-state index contributed by atoms with van der Waals surface area (Å²) >= 11 is 0. The first-order chi connectivity index (χ1) is 10.8. The molecule has 1 atom stereocenters. The fourth-order valence-electron chi connectivity index (χ4n) is 2.79. The van der Waals surface area contributed by atoms with Crippen LogP contribution in [0.5, 0.6) is 0 Å². The van der Waals surface area contributed by atoms with E-state index in [2.05, 4.69) is 17.3 Å². The first kappa shape index (κ1) is 17.9. The number of nitrogens with zero attached hydrogens (tertiary/aromatic N) is 2. The molecule has 1 aliphatic rings. The van der Waals surface area contributed by atoms with Gasteiger partial charge in [-0.05, 0) is 38.5 Å². The van der Waals surface area contributed by atoms with Crippen molar-refractivity contribution in [1.29, 1.82) is 0 Å². The minimum atomic E-state index is -3.48. The van der Waals surface area contributed by atoms with Crippen molar-refractivity contribution < 1.29 is 13.2 Å². The predicted octanol–water partition coefficient (Wildman–Crippen LogP) is 0.829. The van der Waals surface area contributed by atoms with E-state index in [1.165, 1.54) is 7.05 Å². The molecule has 0 bridgehead atoms. The van der Waals surface area contributed by atoms with E-state index < -0.39 is 16.1 Å². The molecule has 7 heteroatoms. The van der Waals surface area contributed by atoms with Crippen LogP contribution in [-0.2, 0) is 14.8 Å². The molecule has 0 spiro atoms. The van der Waals surface area contributed by atoms with Gasteiger partial charge in [-0.2, -0.15) is 4.31 Å². The Morgan fingerprint density at radius 3 is 2.35 bits per heavy atom. The van der Waals surface area contributed by atoms with Gasteiger partial charge in [-0.3, -0.25) is 4.79 Å². The normalized spacial score (nSPS) is 18.8. The van der Waals surface area contributed by atoms with Gasteiger partial charge in [-0.15, -0.1) is 0 Å². The molecule has 1 aliphatic heterocycles. The lowest BCUT2D eigenvalue weighted by molar-refractivity contribution is -0.125. The number of hydrogen-bond donors (Lipinski definition) is 1. The summed E-state index contributed by atoms with van der Waals surface area (Å²) in [6.07, 6.45) is 2.88. The van der Waals surface area contributed by atoms with Gasteiger partial charge < -0.3 is 10.2 Å². The zero-order valence-electron chi connectivity index (χ0n) is 13.9. The van der Waals surface area contributed by atoms with Crippen LogP contribution in [0.4, 0.5) is 0 Å². The molecule has 1 saturated heterocycles. The van der Waals surface area contributed by atoms with Crippen LogP contribution in [0.3, 0.4) is 0 Å². The van der Waals surface area contributed by atoms with Crippen molar-refractivity contribution in [1.82, 2.24) is 14.5 Å². The third kappa shape index (κ3) is 4.76. The average molecular weight is 339 g/mol. The maximum atomic E-state index is 12.8. The number of carbonyl (C=O) groups excluding carboxylic acids is 1. The third-order valence-electron chi connectivity index (χ3n) is 4.32. The number of amides is 1. The number of likely N-dealkylation sites (tertiary alicyclic amines) is 1. The zero-order valence-corrected chi connectivity index (χ0v) is 14.7. The maximum absolute atomic E-state index is 12.8. The number of rotatable bonds is 5. The van der Waals surface area contributed by atoms with Crippen molar-refractivity contribution in [3.05, 3.63) is 35.9 Å². The summed E-state index contributed by atoms with van der Waals surface area (Å²) in [5.74, 6) is -0.265. The van der Waals surface area contributed by atoms with Crippen molar-refractivity contribution in [3.8, 4) is 0 Å². The second-order valence-electron chi connectivity index (χ2n) is 6.18. The highest BCUT2D eigenvalue weighted by Crippen LogP contribution is 2.22. The molecule has 23 heavy (non-hydrogen) atoms. The van der Waals surface area contributed by atoms with Gasteiger partial charge >= 0.3 is 0 Å². The Kier molecular flexibility index (Phi) is 5.78. The SMILES string of the molecule is CN1CCC(NC(=O)[C@@H](c2ccccc2)N(C)S(C)(=O)=O)CC1. The van der Waals surface area contributed by atoms with E-state index in [1.54, 1.807) is 24.3 Å². The Labute approximate surface area is 138 Å². The van der Waals surface area contributed by atoms with E-state index in [9.17, 15) is 13.2 Å². The van der Waals surface area contributed by atoms with E-state index in [4.69, 9.17) is 0 Å². The Hall–Kier alpha value is -1.44. The first-order valence-electron chi connectivity index (χ1n) is 7.76. The third-order valence-corrected chi connectivity index (χ3v) is 5.57. The van der Waals surface area contributed by atoms with Crippen LogP contribution in [0.25, 0.3) is 0 Å². The van der Waals surface area contributed by atoms with Crippen LogP contribution in [0, 0.1) is 0 Å². The Bertz CT molecular complexity index is 625. The standard InChI is InChI=1S/C16H25N3O3S/c1-18-11-9-14(10-12-18)17-16(20)15(19(2)23(3,21)22)13-7-5-4-6-8-13/h4-8,14-15H,9-12H2,1-3H3,(H,17,20)/t15-/m1/s1. The van der Waals surface area contributed by atoms with E-state index in [1.807, 2.05) is 6.07 Å². The molecular weight excluding hydrogens is 314 g/mol. The lowest BCUT2D eigenvalue weighted by Gasteiger charge is -2.32. The van der Waals surface area contributed by atoms with E-state index in [-0.39, 0.29) is 11.9 Å². The van der Waals surface area contributed by atoms with Crippen LogP contribution in [0.1, 0.15) is 24.4 Å².